The van der Waals surface area contributed by atoms with Crippen LogP contribution in [-0.4, -0.2) is 29.2 Å². The largest absolute Gasteiger partial charge is 0.332 e. The highest BCUT2D eigenvalue weighted by atomic mass is 19.1. The molecule has 2 aromatic carbocycles. The summed E-state index contributed by atoms with van der Waals surface area (Å²) in [6, 6.07) is 15.5. The van der Waals surface area contributed by atoms with Gasteiger partial charge in [0.25, 0.3) is 0 Å². The SMILES string of the molecule is CCC1CCC(C(=O)N2CC[C@@H](c3ccccc3)[C@H]2C(=O)Cc2ccc(C#N)c(F)c2)CC1. The zero-order valence-corrected chi connectivity index (χ0v) is 19.2. The molecular formula is C28H31FN2O2. The van der Waals surface area contributed by atoms with E-state index in [9.17, 15) is 14.0 Å². The van der Waals surface area contributed by atoms with Gasteiger partial charge >= 0.3 is 0 Å². The maximum absolute atomic E-state index is 14.1. The van der Waals surface area contributed by atoms with Gasteiger partial charge in [0.1, 0.15) is 11.9 Å². The quantitative estimate of drug-likeness (QED) is 0.596. The van der Waals surface area contributed by atoms with Gasteiger partial charge in [-0.25, -0.2) is 4.39 Å². The second-order valence-electron chi connectivity index (χ2n) is 9.48. The van der Waals surface area contributed by atoms with E-state index in [-0.39, 0.29) is 35.5 Å². The predicted molar refractivity (Wildman–Crippen MR) is 125 cm³/mol. The van der Waals surface area contributed by atoms with Crippen LogP contribution in [0.2, 0.25) is 0 Å². The van der Waals surface area contributed by atoms with Crippen LogP contribution < -0.4 is 0 Å². The Labute approximate surface area is 195 Å². The minimum absolute atomic E-state index is 0.00928. The van der Waals surface area contributed by atoms with Crippen LogP contribution in [0.1, 0.15) is 68.1 Å². The highest BCUT2D eigenvalue weighted by Gasteiger charge is 2.44. The van der Waals surface area contributed by atoms with Crippen LogP contribution in [0.4, 0.5) is 4.39 Å². The first-order valence-electron chi connectivity index (χ1n) is 12.1. The van der Waals surface area contributed by atoms with E-state index in [0.717, 1.165) is 44.1 Å². The topological polar surface area (TPSA) is 61.2 Å². The normalized spacial score (nSPS) is 24.9. The van der Waals surface area contributed by atoms with Crippen LogP contribution in [0.3, 0.4) is 0 Å². The van der Waals surface area contributed by atoms with Crippen molar-refractivity contribution < 1.29 is 14.0 Å². The van der Waals surface area contributed by atoms with Crippen molar-refractivity contribution in [3.8, 4) is 6.07 Å². The molecule has 2 fully saturated rings. The second kappa shape index (κ2) is 10.3. The molecular weight excluding hydrogens is 415 g/mol. The van der Waals surface area contributed by atoms with E-state index < -0.39 is 11.9 Å². The molecule has 33 heavy (non-hydrogen) atoms. The van der Waals surface area contributed by atoms with Crippen LogP contribution >= 0.6 is 0 Å². The van der Waals surface area contributed by atoms with Crippen LogP contribution in [0.5, 0.6) is 0 Å². The third-order valence-corrected chi connectivity index (χ3v) is 7.54. The molecule has 0 N–H and O–H groups in total. The van der Waals surface area contributed by atoms with Gasteiger partial charge in [-0.05, 0) is 61.3 Å². The number of rotatable bonds is 6. The molecule has 4 nitrogen and oxygen atoms in total. The molecule has 1 aliphatic heterocycles. The van der Waals surface area contributed by atoms with Gasteiger partial charge in [-0.2, -0.15) is 5.26 Å². The fourth-order valence-electron chi connectivity index (χ4n) is 5.60. The molecule has 1 saturated heterocycles. The summed E-state index contributed by atoms with van der Waals surface area (Å²) in [6.45, 7) is 2.78. The standard InChI is InChI=1S/C28H31FN2O2/c1-2-19-8-11-22(12-9-19)28(33)31-15-14-24(21-6-4-3-5-7-21)27(31)26(32)17-20-10-13-23(18-30)25(29)16-20/h3-7,10,13,16,19,22,24,27H,2,8-9,11-12,14-15,17H2,1H3/t19?,22?,24-,27-/m0/s1. The maximum atomic E-state index is 14.1. The van der Waals surface area contributed by atoms with Crippen molar-refractivity contribution in [3.05, 3.63) is 71.0 Å². The van der Waals surface area contributed by atoms with Crippen molar-refractivity contribution >= 4 is 11.7 Å². The summed E-state index contributed by atoms with van der Waals surface area (Å²) >= 11 is 0. The number of hydrogen-bond donors (Lipinski definition) is 0. The van der Waals surface area contributed by atoms with Gasteiger partial charge < -0.3 is 4.90 Å². The Morgan fingerprint density at radius 1 is 1.06 bits per heavy atom. The summed E-state index contributed by atoms with van der Waals surface area (Å²) in [4.78, 5) is 29.0. The van der Waals surface area contributed by atoms with Crippen LogP contribution in [0.15, 0.2) is 48.5 Å². The first-order chi connectivity index (χ1) is 16.0. The number of halogens is 1. The molecule has 172 valence electrons. The highest BCUT2D eigenvalue weighted by Crippen LogP contribution is 2.38. The Morgan fingerprint density at radius 3 is 2.42 bits per heavy atom. The molecule has 4 rings (SSSR count). The fourth-order valence-corrected chi connectivity index (χ4v) is 5.60. The first kappa shape index (κ1) is 23.2. The molecule has 1 saturated carbocycles. The van der Waals surface area contributed by atoms with Gasteiger partial charge in [0, 0.05) is 24.8 Å². The Morgan fingerprint density at radius 2 is 1.79 bits per heavy atom. The van der Waals surface area contributed by atoms with Gasteiger partial charge in [-0.3, -0.25) is 9.59 Å². The predicted octanol–water partition coefficient (Wildman–Crippen LogP) is 5.41. The van der Waals surface area contributed by atoms with Gasteiger partial charge in [0.05, 0.1) is 11.6 Å². The van der Waals surface area contributed by atoms with Gasteiger partial charge in [0.15, 0.2) is 5.78 Å². The number of Topliss-reactive ketones (excluding diaryl/α,β-unsaturated/α-hetero) is 1. The molecule has 5 heteroatoms. The lowest BCUT2D eigenvalue weighted by atomic mass is 9.80. The zero-order valence-electron chi connectivity index (χ0n) is 19.2. The lowest BCUT2D eigenvalue weighted by Crippen LogP contribution is -2.46. The van der Waals surface area contributed by atoms with E-state index in [1.807, 2.05) is 41.3 Å². The Kier molecular flexibility index (Phi) is 7.23. The molecule has 0 spiro atoms. The number of nitrogens with zero attached hydrogens (tertiary/aromatic N) is 2. The van der Waals surface area contributed by atoms with Crippen molar-refractivity contribution in [2.45, 2.75) is 63.8 Å². The Balaban J connectivity index is 1.57. The number of ketones is 1. The number of benzene rings is 2. The molecule has 2 atom stereocenters. The van der Waals surface area contributed by atoms with E-state index >= 15 is 0 Å². The lowest BCUT2D eigenvalue weighted by Gasteiger charge is -2.33. The van der Waals surface area contributed by atoms with Gasteiger partial charge in [0.2, 0.25) is 5.91 Å². The van der Waals surface area contributed by atoms with Gasteiger partial charge in [-0.15, -0.1) is 0 Å². The summed E-state index contributed by atoms with van der Waals surface area (Å²) < 4.78 is 14.1. The van der Waals surface area contributed by atoms with E-state index in [2.05, 4.69) is 6.92 Å². The smallest absolute Gasteiger partial charge is 0.226 e. The minimum Gasteiger partial charge on any atom is -0.332 e. The van der Waals surface area contributed by atoms with Crippen LogP contribution in [0, 0.1) is 29.0 Å². The summed E-state index contributed by atoms with van der Waals surface area (Å²) in [6.07, 6.45) is 5.89. The summed E-state index contributed by atoms with van der Waals surface area (Å²) in [5.41, 5.74) is 1.56. The summed E-state index contributed by atoms with van der Waals surface area (Å²) in [7, 11) is 0. The molecule has 1 aliphatic carbocycles. The van der Waals surface area contributed by atoms with Crippen molar-refractivity contribution in [1.82, 2.24) is 4.90 Å². The number of hydrogen-bond acceptors (Lipinski definition) is 3. The zero-order chi connectivity index (χ0) is 23.4. The second-order valence-corrected chi connectivity index (χ2v) is 9.48. The Hall–Kier alpha value is -3.00. The van der Waals surface area contributed by atoms with E-state index in [1.165, 1.54) is 12.1 Å². The molecule has 0 aromatic heterocycles. The molecule has 0 unspecified atom stereocenters. The molecule has 0 radical (unpaired) electrons. The number of amides is 1. The fraction of sp³-hybridized carbons (Fsp3) is 0.464. The van der Waals surface area contributed by atoms with Crippen molar-refractivity contribution in [3.63, 3.8) is 0 Å². The number of likely N-dealkylation sites (tertiary alicyclic amines) is 1. The Bertz CT molecular complexity index is 1040. The minimum atomic E-state index is -0.616. The highest BCUT2D eigenvalue weighted by molar-refractivity contribution is 5.92. The maximum Gasteiger partial charge on any atom is 0.226 e. The lowest BCUT2D eigenvalue weighted by molar-refractivity contribution is -0.142. The van der Waals surface area contributed by atoms with Gasteiger partial charge in [-0.1, -0.05) is 49.7 Å². The third kappa shape index (κ3) is 5.00. The van der Waals surface area contributed by atoms with Crippen molar-refractivity contribution in [1.29, 1.82) is 5.26 Å². The first-order valence-corrected chi connectivity index (χ1v) is 12.1. The molecule has 2 aliphatic rings. The van der Waals surface area contributed by atoms with Crippen molar-refractivity contribution in [2.75, 3.05) is 6.54 Å². The number of carbonyl (C=O) groups is 2. The van der Waals surface area contributed by atoms with Crippen LogP contribution in [0.25, 0.3) is 0 Å². The molecule has 1 heterocycles. The monoisotopic (exact) mass is 446 g/mol. The molecule has 2 aromatic rings. The molecule has 1 amide bonds. The number of nitriles is 1. The van der Waals surface area contributed by atoms with E-state index in [0.29, 0.717) is 18.0 Å². The van der Waals surface area contributed by atoms with E-state index in [1.54, 1.807) is 6.07 Å². The number of carbonyl (C=O) groups excluding carboxylic acids is 2. The summed E-state index contributed by atoms with van der Waals surface area (Å²) in [5, 5.41) is 8.98. The summed E-state index contributed by atoms with van der Waals surface area (Å²) in [5.74, 6) is 0.0547. The van der Waals surface area contributed by atoms with E-state index in [4.69, 9.17) is 5.26 Å². The molecule has 0 bridgehead atoms. The van der Waals surface area contributed by atoms with Crippen LogP contribution in [-0.2, 0) is 16.0 Å². The average Bonchev–Trinajstić information content (AvgIpc) is 3.30. The van der Waals surface area contributed by atoms with Crippen molar-refractivity contribution in [2.24, 2.45) is 11.8 Å². The average molecular weight is 447 g/mol. The third-order valence-electron chi connectivity index (χ3n) is 7.54.